The quantitative estimate of drug-likeness (QED) is 0.827. The van der Waals surface area contributed by atoms with E-state index in [1.165, 1.54) is 24.8 Å². The lowest BCUT2D eigenvalue weighted by Gasteiger charge is -2.16. The molecule has 1 aromatic rings. The number of nitrogens with zero attached hydrogens (tertiary/aromatic N) is 2. The largest absolute Gasteiger partial charge is 0.367 e. The van der Waals surface area contributed by atoms with Gasteiger partial charge >= 0.3 is 0 Å². The van der Waals surface area contributed by atoms with Crippen LogP contribution in [0.1, 0.15) is 44.2 Å². The van der Waals surface area contributed by atoms with Gasteiger partial charge in [0.1, 0.15) is 0 Å². The molecule has 1 N–H and O–H groups in total. The number of aliphatic imine (C=N–C) groups is 1. The van der Waals surface area contributed by atoms with Crippen molar-refractivity contribution in [1.29, 1.82) is 0 Å². The first-order valence-electron chi connectivity index (χ1n) is 6.06. The fourth-order valence-electron chi connectivity index (χ4n) is 1.96. The van der Waals surface area contributed by atoms with Crippen molar-refractivity contribution in [2.45, 2.75) is 38.6 Å². The monoisotopic (exact) mass is 217 g/mol. The second kappa shape index (κ2) is 5.64. The molecule has 3 nitrogen and oxygen atoms in total. The van der Waals surface area contributed by atoms with Crippen LogP contribution in [0.15, 0.2) is 29.5 Å². The van der Waals surface area contributed by atoms with E-state index in [0.717, 1.165) is 18.8 Å². The average Bonchev–Trinajstić information content (AvgIpc) is 2.59. The highest BCUT2D eigenvalue weighted by atomic mass is 15.0. The fraction of sp³-hybridized carbons (Fsp3) is 0.538. The molecule has 0 bridgehead atoms. The molecule has 1 aliphatic heterocycles. The minimum Gasteiger partial charge on any atom is -0.367 e. The standard InChI is InChI=1S/C13H19N3/c1-11(12-6-5-8-14-10-12)16-13-7-3-2-4-9-15-13/h5-6,8,10-11H,2-4,7,9H2,1H3,(H,15,16)/t11-/m0/s1. The highest BCUT2D eigenvalue weighted by Crippen LogP contribution is 2.12. The number of rotatable bonds is 2. The van der Waals surface area contributed by atoms with Gasteiger partial charge in [0, 0.05) is 25.4 Å². The van der Waals surface area contributed by atoms with E-state index in [0.29, 0.717) is 6.04 Å². The first kappa shape index (κ1) is 11.1. The summed E-state index contributed by atoms with van der Waals surface area (Å²) in [5.74, 6) is 1.16. The van der Waals surface area contributed by atoms with E-state index in [1.54, 1.807) is 6.20 Å². The summed E-state index contributed by atoms with van der Waals surface area (Å²) in [4.78, 5) is 8.71. The van der Waals surface area contributed by atoms with Crippen molar-refractivity contribution in [1.82, 2.24) is 10.3 Å². The SMILES string of the molecule is C[C@H](NC1=NCCCCC1)c1cccnc1. The van der Waals surface area contributed by atoms with Gasteiger partial charge in [-0.2, -0.15) is 0 Å². The maximum absolute atomic E-state index is 4.57. The number of nitrogens with one attached hydrogen (secondary N) is 1. The Morgan fingerprint density at radius 1 is 1.31 bits per heavy atom. The second-order valence-corrected chi connectivity index (χ2v) is 4.29. The first-order valence-corrected chi connectivity index (χ1v) is 6.06. The van der Waals surface area contributed by atoms with Gasteiger partial charge in [-0.25, -0.2) is 0 Å². The highest BCUT2D eigenvalue weighted by molar-refractivity contribution is 5.82. The Kier molecular flexibility index (Phi) is 3.91. The van der Waals surface area contributed by atoms with Crippen LogP contribution in [0.5, 0.6) is 0 Å². The van der Waals surface area contributed by atoms with Crippen LogP contribution in [-0.2, 0) is 0 Å². The summed E-state index contributed by atoms with van der Waals surface area (Å²) < 4.78 is 0. The third kappa shape index (κ3) is 3.05. The predicted octanol–water partition coefficient (Wildman–Crippen LogP) is 2.70. The number of hydrogen-bond acceptors (Lipinski definition) is 3. The number of amidine groups is 1. The summed E-state index contributed by atoms with van der Waals surface area (Å²) in [5.41, 5.74) is 1.22. The Bertz CT molecular complexity index is 345. The Morgan fingerprint density at radius 3 is 3.06 bits per heavy atom. The molecule has 1 aliphatic rings. The smallest absolute Gasteiger partial charge is 0.0967 e. The van der Waals surface area contributed by atoms with E-state index >= 15 is 0 Å². The second-order valence-electron chi connectivity index (χ2n) is 4.29. The van der Waals surface area contributed by atoms with Gasteiger partial charge in [0.05, 0.1) is 11.9 Å². The van der Waals surface area contributed by atoms with Gasteiger partial charge in [0.15, 0.2) is 0 Å². The van der Waals surface area contributed by atoms with Gasteiger partial charge < -0.3 is 5.32 Å². The van der Waals surface area contributed by atoms with Crippen molar-refractivity contribution in [2.24, 2.45) is 4.99 Å². The van der Waals surface area contributed by atoms with Crippen LogP contribution in [0.2, 0.25) is 0 Å². The van der Waals surface area contributed by atoms with E-state index in [1.807, 2.05) is 12.3 Å². The molecule has 16 heavy (non-hydrogen) atoms. The van der Waals surface area contributed by atoms with E-state index in [-0.39, 0.29) is 0 Å². The molecule has 2 rings (SSSR count). The van der Waals surface area contributed by atoms with E-state index in [4.69, 9.17) is 0 Å². The maximum Gasteiger partial charge on any atom is 0.0967 e. The molecule has 0 radical (unpaired) electrons. The Hall–Kier alpha value is -1.38. The van der Waals surface area contributed by atoms with Crippen LogP contribution in [0.3, 0.4) is 0 Å². The van der Waals surface area contributed by atoms with Gasteiger partial charge in [0.25, 0.3) is 0 Å². The molecular formula is C13H19N3. The van der Waals surface area contributed by atoms with Crippen LogP contribution in [0.25, 0.3) is 0 Å². The van der Waals surface area contributed by atoms with Crippen molar-refractivity contribution >= 4 is 5.84 Å². The van der Waals surface area contributed by atoms with Crippen LogP contribution in [0.4, 0.5) is 0 Å². The summed E-state index contributed by atoms with van der Waals surface area (Å²) in [6.45, 7) is 3.13. The Labute approximate surface area is 97.0 Å². The van der Waals surface area contributed by atoms with Gasteiger partial charge in [0.2, 0.25) is 0 Å². The molecule has 0 saturated heterocycles. The van der Waals surface area contributed by atoms with Crippen LogP contribution >= 0.6 is 0 Å². The number of pyridine rings is 1. The maximum atomic E-state index is 4.57. The van der Waals surface area contributed by atoms with Gasteiger partial charge in [-0.3, -0.25) is 9.98 Å². The Balaban J connectivity index is 1.96. The zero-order chi connectivity index (χ0) is 11.2. The van der Waals surface area contributed by atoms with Crippen molar-refractivity contribution in [3.8, 4) is 0 Å². The molecule has 0 spiro atoms. The van der Waals surface area contributed by atoms with Gasteiger partial charge in [-0.1, -0.05) is 12.5 Å². The summed E-state index contributed by atoms with van der Waals surface area (Å²) in [6, 6.07) is 4.37. The minimum absolute atomic E-state index is 0.297. The highest BCUT2D eigenvalue weighted by Gasteiger charge is 2.09. The normalized spacial score (nSPS) is 18.4. The van der Waals surface area contributed by atoms with Crippen LogP contribution in [0, 0.1) is 0 Å². The fourth-order valence-corrected chi connectivity index (χ4v) is 1.96. The Morgan fingerprint density at radius 2 is 2.25 bits per heavy atom. The lowest BCUT2D eigenvalue weighted by Crippen LogP contribution is -2.26. The first-order chi connectivity index (χ1) is 7.86. The molecular weight excluding hydrogens is 198 g/mol. The predicted molar refractivity (Wildman–Crippen MR) is 66.6 cm³/mol. The number of hydrogen-bond donors (Lipinski definition) is 1. The summed E-state index contributed by atoms with van der Waals surface area (Å²) in [6.07, 6.45) is 8.59. The molecule has 0 unspecified atom stereocenters. The molecule has 86 valence electrons. The van der Waals surface area contributed by atoms with Crippen molar-refractivity contribution < 1.29 is 0 Å². The van der Waals surface area contributed by atoms with Crippen LogP contribution in [-0.4, -0.2) is 17.4 Å². The molecule has 0 amide bonds. The van der Waals surface area contributed by atoms with Crippen molar-refractivity contribution in [2.75, 3.05) is 6.54 Å². The molecule has 0 saturated carbocycles. The van der Waals surface area contributed by atoms with E-state index in [2.05, 4.69) is 28.3 Å². The van der Waals surface area contributed by atoms with Crippen LogP contribution < -0.4 is 5.32 Å². The third-order valence-corrected chi connectivity index (χ3v) is 2.94. The zero-order valence-electron chi connectivity index (χ0n) is 9.82. The number of aromatic nitrogens is 1. The zero-order valence-corrected chi connectivity index (χ0v) is 9.82. The topological polar surface area (TPSA) is 37.3 Å². The minimum atomic E-state index is 0.297. The molecule has 0 aromatic carbocycles. The lowest BCUT2D eigenvalue weighted by molar-refractivity contribution is 0.691. The molecule has 0 fully saturated rings. The molecule has 2 heterocycles. The summed E-state index contributed by atoms with van der Waals surface area (Å²) >= 11 is 0. The van der Waals surface area contributed by atoms with Crippen molar-refractivity contribution in [3.63, 3.8) is 0 Å². The summed E-state index contributed by atoms with van der Waals surface area (Å²) in [7, 11) is 0. The lowest BCUT2D eigenvalue weighted by atomic mass is 10.1. The molecule has 0 aliphatic carbocycles. The van der Waals surface area contributed by atoms with Gasteiger partial charge in [-0.05, 0) is 31.4 Å². The van der Waals surface area contributed by atoms with Gasteiger partial charge in [-0.15, -0.1) is 0 Å². The third-order valence-electron chi connectivity index (χ3n) is 2.94. The summed E-state index contributed by atoms with van der Waals surface area (Å²) in [5, 5.41) is 3.49. The molecule has 1 aromatic heterocycles. The van der Waals surface area contributed by atoms with E-state index < -0.39 is 0 Å². The molecule has 3 heteroatoms. The molecule has 1 atom stereocenters. The van der Waals surface area contributed by atoms with E-state index in [9.17, 15) is 0 Å². The average molecular weight is 217 g/mol. The van der Waals surface area contributed by atoms with Crippen molar-refractivity contribution in [3.05, 3.63) is 30.1 Å².